The average molecular weight is 373 g/mol. The minimum atomic E-state index is -4.02. The summed E-state index contributed by atoms with van der Waals surface area (Å²) in [5.74, 6) is 0.829. The Kier molecular flexibility index (Phi) is 3.77. The van der Waals surface area contributed by atoms with E-state index in [1.807, 2.05) is 0 Å². The van der Waals surface area contributed by atoms with Crippen LogP contribution in [0.1, 0.15) is 0 Å². The maximum absolute atomic E-state index is 12.6. The van der Waals surface area contributed by atoms with Gasteiger partial charge in [-0.05, 0) is 46.7 Å². The second-order valence-corrected chi connectivity index (χ2v) is 6.79. The van der Waals surface area contributed by atoms with Crippen molar-refractivity contribution in [2.45, 2.75) is 4.90 Å². The molecule has 1 N–H and O–H groups in total. The van der Waals surface area contributed by atoms with Gasteiger partial charge >= 0.3 is 6.01 Å². The summed E-state index contributed by atoms with van der Waals surface area (Å²) in [6.07, 6.45) is 0. The number of fused-ring (bicyclic) bond motifs is 1. The van der Waals surface area contributed by atoms with E-state index in [1.54, 1.807) is 37.4 Å². The number of ether oxygens (including phenoxy) is 1. The number of sulfonamides is 1. The maximum atomic E-state index is 12.6. The Bertz CT molecular complexity index is 1170. The highest BCUT2D eigenvalue weighted by molar-refractivity contribution is 7.93. The molecule has 0 fully saturated rings. The van der Waals surface area contributed by atoms with Crippen LogP contribution in [0.4, 0.5) is 6.01 Å². The average Bonchev–Trinajstić information content (AvgIpc) is 3.30. The maximum Gasteiger partial charge on any atom is 0.330 e. The molecule has 132 valence electrons. The lowest BCUT2D eigenvalue weighted by molar-refractivity contribution is 0.315. The van der Waals surface area contributed by atoms with E-state index in [9.17, 15) is 8.42 Å². The molecule has 0 aliphatic rings. The van der Waals surface area contributed by atoms with Gasteiger partial charge in [-0.15, -0.1) is 5.10 Å². The molecule has 4 aromatic rings. The van der Waals surface area contributed by atoms with Crippen molar-refractivity contribution < 1.29 is 22.2 Å². The van der Waals surface area contributed by atoms with Crippen LogP contribution in [0.5, 0.6) is 5.75 Å². The molecule has 2 heterocycles. The van der Waals surface area contributed by atoms with Gasteiger partial charge < -0.3 is 9.15 Å². The smallest absolute Gasteiger partial charge is 0.330 e. The molecular formula is C15H11N5O5S. The summed E-state index contributed by atoms with van der Waals surface area (Å²) in [4.78, 5) is -0.111. The Morgan fingerprint density at radius 2 is 1.85 bits per heavy atom. The molecule has 0 saturated heterocycles. The second-order valence-electron chi connectivity index (χ2n) is 5.13. The number of anilines is 1. The summed E-state index contributed by atoms with van der Waals surface area (Å²) in [7, 11) is -2.46. The normalized spacial score (nSPS) is 11.6. The van der Waals surface area contributed by atoms with Crippen molar-refractivity contribution in [2.75, 3.05) is 11.8 Å². The lowest BCUT2D eigenvalue weighted by Gasteiger charge is -2.03. The molecule has 11 heteroatoms. The molecule has 0 atom stereocenters. The van der Waals surface area contributed by atoms with E-state index in [0.29, 0.717) is 16.8 Å². The number of benzene rings is 2. The first kappa shape index (κ1) is 16.0. The van der Waals surface area contributed by atoms with Crippen LogP contribution in [-0.2, 0) is 10.0 Å². The molecule has 0 aliphatic heterocycles. The van der Waals surface area contributed by atoms with Crippen LogP contribution < -0.4 is 9.46 Å². The van der Waals surface area contributed by atoms with Crippen molar-refractivity contribution in [2.24, 2.45) is 0 Å². The van der Waals surface area contributed by atoms with E-state index >= 15 is 0 Å². The number of rotatable bonds is 5. The Hall–Kier alpha value is -3.47. The van der Waals surface area contributed by atoms with Gasteiger partial charge in [-0.3, -0.25) is 0 Å². The predicted octanol–water partition coefficient (Wildman–Crippen LogP) is 2.08. The first-order valence-corrected chi connectivity index (χ1v) is 8.77. The number of hydrogen-bond acceptors (Lipinski definition) is 9. The SMILES string of the molecule is COc1ccc(-c2nnc(NS(=O)(=O)c3cccc4nonc34)o2)cc1. The highest BCUT2D eigenvalue weighted by atomic mass is 32.2. The number of nitrogens with zero attached hydrogens (tertiary/aromatic N) is 4. The fourth-order valence-corrected chi connectivity index (χ4v) is 3.36. The predicted molar refractivity (Wildman–Crippen MR) is 88.9 cm³/mol. The van der Waals surface area contributed by atoms with E-state index in [1.165, 1.54) is 12.1 Å². The zero-order chi connectivity index (χ0) is 18.1. The van der Waals surface area contributed by atoms with Gasteiger partial charge in [0.1, 0.15) is 16.2 Å². The zero-order valence-corrected chi connectivity index (χ0v) is 14.1. The van der Waals surface area contributed by atoms with Gasteiger partial charge in [0.25, 0.3) is 10.0 Å². The number of hydrogen-bond donors (Lipinski definition) is 1. The van der Waals surface area contributed by atoms with Gasteiger partial charge in [0.05, 0.1) is 7.11 Å². The van der Waals surface area contributed by atoms with Gasteiger partial charge in [0, 0.05) is 5.56 Å². The van der Waals surface area contributed by atoms with Crippen LogP contribution in [0.2, 0.25) is 0 Å². The van der Waals surface area contributed by atoms with Crippen molar-refractivity contribution in [3.8, 4) is 17.2 Å². The monoisotopic (exact) mass is 373 g/mol. The quantitative estimate of drug-likeness (QED) is 0.558. The Balaban J connectivity index is 1.63. The third kappa shape index (κ3) is 2.84. The topological polar surface area (TPSA) is 133 Å². The third-order valence-electron chi connectivity index (χ3n) is 3.52. The van der Waals surface area contributed by atoms with E-state index in [0.717, 1.165) is 0 Å². The molecule has 26 heavy (non-hydrogen) atoms. The molecule has 2 aromatic carbocycles. The van der Waals surface area contributed by atoms with E-state index in [-0.39, 0.29) is 22.3 Å². The molecule has 0 aliphatic carbocycles. The minimum Gasteiger partial charge on any atom is -0.497 e. The van der Waals surface area contributed by atoms with Crippen molar-refractivity contribution in [1.82, 2.24) is 20.5 Å². The number of aromatic nitrogens is 4. The highest BCUT2D eigenvalue weighted by Crippen LogP contribution is 2.25. The number of methoxy groups -OCH3 is 1. The van der Waals surface area contributed by atoms with Crippen LogP contribution in [0.15, 0.2) is 56.4 Å². The molecule has 0 saturated carbocycles. The van der Waals surface area contributed by atoms with E-state index in [2.05, 4.69) is 29.9 Å². The summed E-state index contributed by atoms with van der Waals surface area (Å²) in [6.45, 7) is 0. The summed E-state index contributed by atoms with van der Waals surface area (Å²) in [6, 6.07) is 11.1. The van der Waals surface area contributed by atoms with Crippen molar-refractivity contribution in [3.05, 3.63) is 42.5 Å². The molecule has 2 aromatic heterocycles. The summed E-state index contributed by atoms with van der Waals surface area (Å²) < 4.78 is 42.4. The number of nitrogens with one attached hydrogen (secondary N) is 1. The van der Waals surface area contributed by atoms with Gasteiger partial charge in [0.15, 0.2) is 5.52 Å². The van der Waals surface area contributed by atoms with Crippen molar-refractivity contribution >= 4 is 27.1 Å². The summed E-state index contributed by atoms with van der Waals surface area (Å²) >= 11 is 0. The Labute approximate surface area is 146 Å². The lowest BCUT2D eigenvalue weighted by Crippen LogP contribution is -2.13. The standard InChI is InChI=1S/C15H11N5O5S/c1-23-10-7-5-9(6-8-10)14-16-17-15(24-14)20-26(21,22)12-4-2-3-11-13(12)19-25-18-11/h2-8H,1H3,(H,17,20). The third-order valence-corrected chi connectivity index (χ3v) is 4.87. The zero-order valence-electron chi connectivity index (χ0n) is 13.3. The molecule has 0 bridgehead atoms. The van der Waals surface area contributed by atoms with Gasteiger partial charge in [-0.1, -0.05) is 11.2 Å². The van der Waals surface area contributed by atoms with Gasteiger partial charge in [-0.2, -0.15) is 0 Å². The molecule has 0 unspecified atom stereocenters. The van der Waals surface area contributed by atoms with Crippen LogP contribution in [0.3, 0.4) is 0 Å². The molecule has 0 amide bonds. The van der Waals surface area contributed by atoms with Crippen LogP contribution in [0, 0.1) is 0 Å². The molecule has 0 radical (unpaired) electrons. The Morgan fingerprint density at radius 1 is 1.04 bits per heavy atom. The first-order chi connectivity index (χ1) is 12.6. The molecular weight excluding hydrogens is 362 g/mol. The summed E-state index contributed by atoms with van der Waals surface area (Å²) in [5, 5.41) is 14.8. The molecule has 4 rings (SSSR count). The van der Waals surface area contributed by atoms with E-state index < -0.39 is 10.0 Å². The fourth-order valence-electron chi connectivity index (χ4n) is 2.28. The van der Waals surface area contributed by atoms with Crippen LogP contribution in [0.25, 0.3) is 22.5 Å². The largest absolute Gasteiger partial charge is 0.497 e. The highest BCUT2D eigenvalue weighted by Gasteiger charge is 2.23. The minimum absolute atomic E-state index is 0.106. The van der Waals surface area contributed by atoms with Crippen LogP contribution in [-0.4, -0.2) is 36.0 Å². The van der Waals surface area contributed by atoms with Gasteiger partial charge in [-0.25, -0.2) is 17.8 Å². The summed E-state index contributed by atoms with van der Waals surface area (Å²) in [5.41, 5.74) is 1.04. The lowest BCUT2D eigenvalue weighted by atomic mass is 10.2. The molecule has 10 nitrogen and oxygen atoms in total. The Morgan fingerprint density at radius 3 is 2.62 bits per heavy atom. The van der Waals surface area contributed by atoms with E-state index in [4.69, 9.17) is 9.15 Å². The van der Waals surface area contributed by atoms with Crippen molar-refractivity contribution in [3.63, 3.8) is 0 Å². The van der Waals surface area contributed by atoms with Crippen molar-refractivity contribution in [1.29, 1.82) is 0 Å². The second kappa shape index (κ2) is 6.11. The fraction of sp³-hybridized carbons (Fsp3) is 0.0667. The van der Waals surface area contributed by atoms with Crippen LogP contribution >= 0.6 is 0 Å². The molecule has 0 spiro atoms. The first-order valence-electron chi connectivity index (χ1n) is 7.29. The van der Waals surface area contributed by atoms with Gasteiger partial charge in [0.2, 0.25) is 5.89 Å².